The van der Waals surface area contributed by atoms with E-state index in [0.29, 0.717) is 30.0 Å². The van der Waals surface area contributed by atoms with E-state index in [1.807, 2.05) is 45.0 Å². The SMILES string of the molecule is CCCOC(=O)c1ccc(NC(=O)C(CC)Oc2ccc(C)cc2)cc1. The van der Waals surface area contributed by atoms with Crippen LogP contribution in [0, 0.1) is 6.92 Å². The molecule has 138 valence electrons. The second kappa shape index (κ2) is 9.61. The van der Waals surface area contributed by atoms with E-state index in [0.717, 1.165) is 12.0 Å². The summed E-state index contributed by atoms with van der Waals surface area (Å²) >= 11 is 0. The maximum Gasteiger partial charge on any atom is 0.338 e. The Morgan fingerprint density at radius 1 is 1.00 bits per heavy atom. The van der Waals surface area contributed by atoms with E-state index in [1.54, 1.807) is 24.3 Å². The Balaban J connectivity index is 1.96. The van der Waals surface area contributed by atoms with Crippen molar-refractivity contribution in [2.75, 3.05) is 11.9 Å². The maximum atomic E-state index is 12.4. The molecule has 26 heavy (non-hydrogen) atoms. The van der Waals surface area contributed by atoms with Gasteiger partial charge in [-0.05, 0) is 56.2 Å². The van der Waals surface area contributed by atoms with Gasteiger partial charge in [-0.2, -0.15) is 0 Å². The lowest BCUT2D eigenvalue weighted by Crippen LogP contribution is -2.32. The van der Waals surface area contributed by atoms with Crippen molar-refractivity contribution >= 4 is 17.6 Å². The van der Waals surface area contributed by atoms with Crippen LogP contribution in [0.4, 0.5) is 5.69 Å². The first-order valence-electron chi connectivity index (χ1n) is 8.84. The molecule has 0 saturated carbocycles. The molecular weight excluding hydrogens is 330 g/mol. The summed E-state index contributed by atoms with van der Waals surface area (Å²) in [5, 5.41) is 2.82. The molecule has 0 radical (unpaired) electrons. The molecule has 5 heteroatoms. The van der Waals surface area contributed by atoms with E-state index in [4.69, 9.17) is 9.47 Å². The Bertz CT molecular complexity index is 723. The van der Waals surface area contributed by atoms with Gasteiger partial charge >= 0.3 is 5.97 Å². The molecule has 1 unspecified atom stereocenters. The van der Waals surface area contributed by atoms with Gasteiger partial charge in [0.2, 0.25) is 0 Å². The van der Waals surface area contributed by atoms with Crippen molar-refractivity contribution in [3.63, 3.8) is 0 Å². The molecular formula is C21H25NO4. The van der Waals surface area contributed by atoms with Gasteiger partial charge in [0.05, 0.1) is 12.2 Å². The molecule has 0 bridgehead atoms. The van der Waals surface area contributed by atoms with Gasteiger partial charge in [-0.1, -0.05) is 31.5 Å². The van der Waals surface area contributed by atoms with Crippen LogP contribution in [-0.4, -0.2) is 24.6 Å². The lowest BCUT2D eigenvalue weighted by Gasteiger charge is -2.17. The molecule has 0 fully saturated rings. The van der Waals surface area contributed by atoms with Gasteiger partial charge in [-0.3, -0.25) is 4.79 Å². The predicted molar refractivity (Wildman–Crippen MR) is 102 cm³/mol. The van der Waals surface area contributed by atoms with Gasteiger partial charge in [0.25, 0.3) is 5.91 Å². The summed E-state index contributed by atoms with van der Waals surface area (Å²) in [5.74, 6) is 0.0693. The fourth-order valence-electron chi connectivity index (χ4n) is 2.29. The molecule has 2 rings (SSSR count). The monoisotopic (exact) mass is 355 g/mol. The Kier molecular flexibility index (Phi) is 7.21. The quantitative estimate of drug-likeness (QED) is 0.715. The van der Waals surface area contributed by atoms with E-state index in [-0.39, 0.29) is 11.9 Å². The van der Waals surface area contributed by atoms with Crippen molar-refractivity contribution in [2.24, 2.45) is 0 Å². The van der Waals surface area contributed by atoms with Gasteiger partial charge in [0.1, 0.15) is 5.75 Å². The summed E-state index contributed by atoms with van der Waals surface area (Å²) in [6.07, 6.45) is 0.729. The van der Waals surface area contributed by atoms with E-state index in [1.165, 1.54) is 0 Å². The number of hydrogen-bond donors (Lipinski definition) is 1. The minimum atomic E-state index is -0.591. The Labute approximate surface area is 154 Å². The van der Waals surface area contributed by atoms with Crippen LogP contribution in [0.25, 0.3) is 0 Å². The molecule has 2 aromatic carbocycles. The van der Waals surface area contributed by atoms with Crippen LogP contribution in [0.2, 0.25) is 0 Å². The molecule has 0 aromatic heterocycles. The lowest BCUT2D eigenvalue weighted by atomic mass is 10.2. The first-order chi connectivity index (χ1) is 12.5. The number of anilines is 1. The molecule has 2 aromatic rings. The summed E-state index contributed by atoms with van der Waals surface area (Å²) in [6.45, 7) is 6.22. The highest BCUT2D eigenvalue weighted by atomic mass is 16.5. The molecule has 0 aliphatic heterocycles. The number of esters is 1. The zero-order valence-electron chi connectivity index (χ0n) is 15.5. The van der Waals surface area contributed by atoms with Crippen LogP contribution < -0.4 is 10.1 Å². The highest BCUT2D eigenvalue weighted by Gasteiger charge is 2.18. The second-order valence-electron chi connectivity index (χ2n) is 6.03. The zero-order valence-corrected chi connectivity index (χ0v) is 15.5. The van der Waals surface area contributed by atoms with Crippen molar-refractivity contribution in [3.8, 4) is 5.75 Å². The third kappa shape index (κ3) is 5.62. The molecule has 1 amide bonds. The first-order valence-corrected chi connectivity index (χ1v) is 8.84. The standard InChI is InChI=1S/C21H25NO4/c1-4-14-25-21(24)16-8-10-17(11-9-16)22-20(23)19(5-2)26-18-12-6-15(3)7-13-18/h6-13,19H,4-5,14H2,1-3H3,(H,22,23). The van der Waals surface area contributed by atoms with E-state index >= 15 is 0 Å². The normalized spacial score (nSPS) is 11.5. The largest absolute Gasteiger partial charge is 0.481 e. The van der Waals surface area contributed by atoms with Crippen molar-refractivity contribution in [3.05, 3.63) is 59.7 Å². The molecule has 0 aliphatic rings. The van der Waals surface area contributed by atoms with Crippen molar-refractivity contribution in [1.29, 1.82) is 0 Å². The number of benzene rings is 2. The van der Waals surface area contributed by atoms with Gasteiger partial charge in [0.15, 0.2) is 6.10 Å². The second-order valence-corrected chi connectivity index (χ2v) is 6.03. The zero-order chi connectivity index (χ0) is 18.9. The number of nitrogens with one attached hydrogen (secondary N) is 1. The molecule has 5 nitrogen and oxygen atoms in total. The van der Waals surface area contributed by atoms with Crippen LogP contribution in [0.15, 0.2) is 48.5 Å². The average Bonchev–Trinajstić information content (AvgIpc) is 2.66. The molecule has 0 spiro atoms. The highest BCUT2D eigenvalue weighted by molar-refractivity contribution is 5.95. The number of hydrogen-bond acceptors (Lipinski definition) is 4. The van der Waals surface area contributed by atoms with Crippen LogP contribution in [0.1, 0.15) is 42.6 Å². The number of amides is 1. The Morgan fingerprint density at radius 2 is 1.65 bits per heavy atom. The summed E-state index contributed by atoms with van der Waals surface area (Å²) in [5.41, 5.74) is 2.19. The number of ether oxygens (including phenoxy) is 2. The van der Waals surface area contributed by atoms with Crippen LogP contribution >= 0.6 is 0 Å². The van der Waals surface area contributed by atoms with Crippen LogP contribution in [0.5, 0.6) is 5.75 Å². The third-order valence-electron chi connectivity index (χ3n) is 3.79. The van der Waals surface area contributed by atoms with Gasteiger partial charge in [-0.15, -0.1) is 0 Å². The molecule has 0 heterocycles. The summed E-state index contributed by atoms with van der Waals surface area (Å²) < 4.78 is 10.9. The van der Waals surface area contributed by atoms with Crippen LogP contribution in [-0.2, 0) is 9.53 Å². The maximum absolute atomic E-state index is 12.4. The Morgan fingerprint density at radius 3 is 2.23 bits per heavy atom. The molecule has 1 N–H and O–H groups in total. The number of carbonyl (C=O) groups is 2. The van der Waals surface area contributed by atoms with Gasteiger partial charge < -0.3 is 14.8 Å². The van der Waals surface area contributed by atoms with Crippen molar-refractivity contribution in [2.45, 2.75) is 39.7 Å². The van der Waals surface area contributed by atoms with E-state index < -0.39 is 6.10 Å². The molecule has 1 atom stereocenters. The number of rotatable bonds is 8. The highest BCUT2D eigenvalue weighted by Crippen LogP contribution is 2.17. The summed E-state index contributed by atoms with van der Waals surface area (Å²) in [7, 11) is 0. The summed E-state index contributed by atoms with van der Waals surface area (Å²) in [6, 6.07) is 14.2. The number of aryl methyl sites for hydroxylation is 1. The fourth-order valence-corrected chi connectivity index (χ4v) is 2.29. The first kappa shape index (κ1) is 19.5. The minimum absolute atomic E-state index is 0.227. The number of carbonyl (C=O) groups excluding carboxylic acids is 2. The fraction of sp³-hybridized carbons (Fsp3) is 0.333. The average molecular weight is 355 g/mol. The van der Waals surface area contributed by atoms with Crippen molar-refractivity contribution in [1.82, 2.24) is 0 Å². The third-order valence-corrected chi connectivity index (χ3v) is 3.79. The van der Waals surface area contributed by atoms with E-state index in [9.17, 15) is 9.59 Å². The topological polar surface area (TPSA) is 64.6 Å². The van der Waals surface area contributed by atoms with Crippen LogP contribution in [0.3, 0.4) is 0 Å². The van der Waals surface area contributed by atoms with Gasteiger partial charge in [0, 0.05) is 5.69 Å². The minimum Gasteiger partial charge on any atom is -0.481 e. The van der Waals surface area contributed by atoms with Gasteiger partial charge in [-0.25, -0.2) is 4.79 Å². The molecule has 0 saturated heterocycles. The lowest BCUT2D eigenvalue weighted by molar-refractivity contribution is -0.122. The van der Waals surface area contributed by atoms with E-state index in [2.05, 4.69) is 5.32 Å². The Hall–Kier alpha value is -2.82. The smallest absolute Gasteiger partial charge is 0.338 e. The summed E-state index contributed by atoms with van der Waals surface area (Å²) in [4.78, 5) is 24.2. The van der Waals surface area contributed by atoms with Crippen molar-refractivity contribution < 1.29 is 19.1 Å². The molecule has 0 aliphatic carbocycles. The predicted octanol–water partition coefficient (Wildman–Crippen LogP) is 4.36.